The third kappa shape index (κ3) is 12.1. The summed E-state index contributed by atoms with van der Waals surface area (Å²) in [6.45, 7) is 6.20. The van der Waals surface area contributed by atoms with Gasteiger partial charge in [0.15, 0.2) is 36.8 Å². The fraction of sp³-hybridized carbons (Fsp3) is 0.531. The maximum atomic E-state index is 12.6. The quantitative estimate of drug-likeness (QED) is 0.183. The standard InChI is InChI=1S/C32H39N3O16/c1-16(36)43-14-25(45-18(3)38)28(27(46-19(4)39)24-13-33-35(34-24)23-11-9-8-10-12-23)51-32-31(49-22(7)42)30(48-21(6)41)29(47-20(5)40)26(50-32)15-44-17(2)37/h8-13,25-32H,14-15H2,1-7H3/t25-,26-,27-,28-,29+,30+,31-,32-/m1/s1. The highest BCUT2D eigenvalue weighted by atomic mass is 16.7. The van der Waals surface area contributed by atoms with E-state index in [1.807, 2.05) is 0 Å². The Morgan fingerprint density at radius 2 is 1.27 bits per heavy atom. The Morgan fingerprint density at radius 1 is 0.706 bits per heavy atom. The molecule has 1 aromatic heterocycles. The Hall–Kier alpha value is -5.43. The molecule has 0 saturated carbocycles. The van der Waals surface area contributed by atoms with Gasteiger partial charge in [0.2, 0.25) is 0 Å². The van der Waals surface area contributed by atoms with Gasteiger partial charge in [0.25, 0.3) is 0 Å². The van der Waals surface area contributed by atoms with E-state index >= 15 is 0 Å². The van der Waals surface area contributed by atoms with Crippen LogP contribution in [0.4, 0.5) is 0 Å². The topological polar surface area (TPSA) is 233 Å². The number of carbonyl (C=O) groups is 7. The summed E-state index contributed by atoms with van der Waals surface area (Å²) in [7, 11) is 0. The first kappa shape index (κ1) is 40.0. The number of rotatable bonds is 15. The minimum absolute atomic E-state index is 0.0512. The lowest BCUT2D eigenvalue weighted by molar-refractivity contribution is -0.329. The van der Waals surface area contributed by atoms with Gasteiger partial charge in [-0.3, -0.25) is 33.6 Å². The van der Waals surface area contributed by atoms with E-state index in [0.29, 0.717) is 5.69 Å². The molecule has 2 heterocycles. The summed E-state index contributed by atoms with van der Waals surface area (Å²) in [5.74, 6) is -5.97. The van der Waals surface area contributed by atoms with Gasteiger partial charge >= 0.3 is 41.8 Å². The van der Waals surface area contributed by atoms with E-state index in [4.69, 9.17) is 42.6 Å². The van der Waals surface area contributed by atoms with Crippen molar-refractivity contribution < 1.29 is 76.2 Å². The highest BCUT2D eigenvalue weighted by Gasteiger charge is 2.55. The number of nitrogens with zero attached hydrogens (tertiary/aromatic N) is 3. The molecule has 0 N–H and O–H groups in total. The maximum Gasteiger partial charge on any atom is 0.303 e. The van der Waals surface area contributed by atoms with Crippen molar-refractivity contribution in [3.63, 3.8) is 0 Å². The molecule has 1 fully saturated rings. The second-order valence-corrected chi connectivity index (χ2v) is 11.0. The van der Waals surface area contributed by atoms with E-state index in [-0.39, 0.29) is 5.69 Å². The Bertz CT molecular complexity index is 1560. The molecule has 0 aliphatic carbocycles. The van der Waals surface area contributed by atoms with E-state index in [9.17, 15) is 33.6 Å². The van der Waals surface area contributed by atoms with Crippen molar-refractivity contribution in [2.75, 3.05) is 13.2 Å². The van der Waals surface area contributed by atoms with Gasteiger partial charge < -0.3 is 42.6 Å². The van der Waals surface area contributed by atoms with Gasteiger partial charge in [0.1, 0.15) is 31.1 Å². The highest BCUT2D eigenvalue weighted by molar-refractivity contribution is 5.69. The van der Waals surface area contributed by atoms with E-state index in [1.165, 1.54) is 11.0 Å². The van der Waals surface area contributed by atoms with Crippen LogP contribution < -0.4 is 0 Å². The Morgan fingerprint density at radius 3 is 1.82 bits per heavy atom. The van der Waals surface area contributed by atoms with E-state index in [0.717, 1.165) is 48.5 Å². The number of carbonyl (C=O) groups excluding carboxylic acids is 7. The number of hydrogen-bond donors (Lipinski definition) is 0. The first-order valence-electron chi connectivity index (χ1n) is 15.5. The summed E-state index contributed by atoms with van der Waals surface area (Å²) < 4.78 is 50.2. The molecule has 0 radical (unpaired) electrons. The summed E-state index contributed by atoms with van der Waals surface area (Å²) in [4.78, 5) is 86.8. The molecule has 0 spiro atoms. The molecule has 1 aliphatic heterocycles. The van der Waals surface area contributed by atoms with Crippen LogP contribution in [0.15, 0.2) is 36.5 Å². The second-order valence-electron chi connectivity index (χ2n) is 11.0. The van der Waals surface area contributed by atoms with Crippen molar-refractivity contribution in [1.82, 2.24) is 15.0 Å². The molecular weight excluding hydrogens is 682 g/mol. The minimum Gasteiger partial charge on any atom is -0.463 e. The van der Waals surface area contributed by atoms with Crippen molar-refractivity contribution >= 4 is 41.8 Å². The zero-order valence-electron chi connectivity index (χ0n) is 28.9. The van der Waals surface area contributed by atoms with Crippen LogP contribution in [-0.2, 0) is 76.2 Å². The molecular formula is C32H39N3O16. The van der Waals surface area contributed by atoms with Crippen LogP contribution in [-0.4, -0.2) is 113 Å². The predicted octanol–water partition coefficient (Wildman–Crippen LogP) is 0.835. The van der Waals surface area contributed by atoms with Gasteiger partial charge in [-0.2, -0.15) is 9.90 Å². The minimum atomic E-state index is -1.84. The lowest BCUT2D eigenvalue weighted by atomic mass is 9.97. The Kier molecular flexibility index (Phi) is 14.5. The molecule has 1 aromatic carbocycles. The lowest BCUT2D eigenvalue weighted by Gasteiger charge is -2.45. The van der Waals surface area contributed by atoms with Gasteiger partial charge in [-0.1, -0.05) is 18.2 Å². The number of benzene rings is 1. The molecule has 1 aliphatic rings. The van der Waals surface area contributed by atoms with Crippen molar-refractivity contribution in [1.29, 1.82) is 0 Å². The van der Waals surface area contributed by atoms with Crippen molar-refractivity contribution in [3.05, 3.63) is 42.2 Å². The van der Waals surface area contributed by atoms with Gasteiger partial charge in [-0.15, -0.1) is 5.10 Å². The Labute approximate surface area is 291 Å². The number of aromatic nitrogens is 3. The molecule has 278 valence electrons. The summed E-state index contributed by atoms with van der Waals surface area (Å²) >= 11 is 0. The molecule has 8 atom stereocenters. The largest absolute Gasteiger partial charge is 0.463 e. The average molecular weight is 722 g/mol. The van der Waals surface area contributed by atoms with Crippen LogP contribution in [0, 0.1) is 0 Å². The van der Waals surface area contributed by atoms with Crippen LogP contribution in [0.1, 0.15) is 60.3 Å². The van der Waals surface area contributed by atoms with Crippen LogP contribution in [0.25, 0.3) is 5.69 Å². The van der Waals surface area contributed by atoms with Crippen LogP contribution in [0.3, 0.4) is 0 Å². The molecule has 51 heavy (non-hydrogen) atoms. The Balaban J connectivity index is 2.23. The summed E-state index contributed by atoms with van der Waals surface area (Å²) in [5.41, 5.74) is 0.462. The van der Waals surface area contributed by atoms with Crippen molar-refractivity contribution in [2.24, 2.45) is 0 Å². The molecule has 0 amide bonds. The maximum absolute atomic E-state index is 12.6. The van der Waals surface area contributed by atoms with Gasteiger partial charge in [0.05, 0.1) is 11.9 Å². The second kappa shape index (κ2) is 18.5. The lowest BCUT2D eigenvalue weighted by Crippen LogP contribution is -2.64. The third-order valence-electron chi connectivity index (χ3n) is 6.75. The van der Waals surface area contributed by atoms with Crippen LogP contribution in [0.5, 0.6) is 0 Å². The normalized spacial score (nSPS) is 21.5. The number of para-hydroxylation sites is 1. The monoisotopic (exact) mass is 721 g/mol. The molecule has 2 aromatic rings. The van der Waals surface area contributed by atoms with Gasteiger partial charge in [-0.25, -0.2) is 0 Å². The van der Waals surface area contributed by atoms with Gasteiger partial charge in [0, 0.05) is 48.5 Å². The SMILES string of the molecule is CC(=O)OC[C@H]1O[C@H](O[C@@H]([C@H](OC(C)=O)c2cnn(-c3ccccc3)n2)[C@@H](COC(C)=O)OC(C)=O)[C@H](OC(C)=O)[C@@H](OC(C)=O)[C@H]1OC(C)=O. The molecule has 0 bridgehead atoms. The average Bonchev–Trinajstić information content (AvgIpc) is 3.52. The molecule has 0 unspecified atom stereocenters. The fourth-order valence-corrected chi connectivity index (χ4v) is 4.98. The molecule has 1 saturated heterocycles. The first-order chi connectivity index (χ1) is 24.0. The first-order valence-corrected chi connectivity index (χ1v) is 15.5. The number of esters is 7. The van der Waals surface area contributed by atoms with Crippen LogP contribution >= 0.6 is 0 Å². The molecule has 19 nitrogen and oxygen atoms in total. The van der Waals surface area contributed by atoms with Crippen molar-refractivity contribution in [3.8, 4) is 5.69 Å². The predicted molar refractivity (Wildman–Crippen MR) is 165 cm³/mol. The zero-order valence-corrected chi connectivity index (χ0v) is 28.9. The fourth-order valence-electron chi connectivity index (χ4n) is 4.98. The van der Waals surface area contributed by atoms with Crippen LogP contribution in [0.2, 0.25) is 0 Å². The number of ether oxygens (including phenoxy) is 9. The zero-order chi connectivity index (χ0) is 37.8. The van der Waals surface area contributed by atoms with Crippen molar-refractivity contribution in [2.45, 2.75) is 97.5 Å². The molecule has 3 rings (SSSR count). The summed E-state index contributed by atoms with van der Waals surface area (Å²) in [5, 5.41) is 8.66. The van der Waals surface area contributed by atoms with E-state index in [2.05, 4.69) is 10.2 Å². The van der Waals surface area contributed by atoms with E-state index in [1.54, 1.807) is 30.3 Å². The summed E-state index contributed by atoms with van der Waals surface area (Å²) in [6, 6.07) is 8.62. The highest BCUT2D eigenvalue weighted by Crippen LogP contribution is 2.35. The smallest absolute Gasteiger partial charge is 0.303 e. The molecule has 19 heteroatoms. The number of hydrogen-bond acceptors (Lipinski definition) is 18. The van der Waals surface area contributed by atoms with E-state index < -0.39 is 104 Å². The van der Waals surface area contributed by atoms with Gasteiger partial charge in [-0.05, 0) is 12.1 Å². The summed E-state index contributed by atoms with van der Waals surface area (Å²) in [6.07, 6.45) is -11.8. The third-order valence-corrected chi connectivity index (χ3v) is 6.75.